The molecule has 0 radical (unpaired) electrons. The van der Waals surface area contributed by atoms with E-state index in [1.165, 1.54) is 11.8 Å². The fraction of sp³-hybridized carbons (Fsp3) is 0.278. The summed E-state index contributed by atoms with van der Waals surface area (Å²) in [5, 5.41) is 18.7. The van der Waals surface area contributed by atoms with Crippen LogP contribution in [0.15, 0.2) is 41.3 Å². The van der Waals surface area contributed by atoms with Gasteiger partial charge in [0.1, 0.15) is 5.75 Å². The molecule has 0 aliphatic carbocycles. The maximum absolute atomic E-state index is 11.3. The SMILES string of the molecule is COc1ccc(C(Sc2ccc(C)c(C)c2N)C(O)C(=O)O)cc1. The summed E-state index contributed by atoms with van der Waals surface area (Å²) in [4.78, 5) is 12.1. The van der Waals surface area contributed by atoms with E-state index in [4.69, 9.17) is 10.5 Å². The van der Waals surface area contributed by atoms with Gasteiger partial charge in [0.25, 0.3) is 0 Å². The smallest absolute Gasteiger partial charge is 0.334 e. The number of benzene rings is 2. The molecule has 0 aliphatic rings. The standard InChI is InChI=1S/C18H21NO4S/c1-10-4-9-14(15(19)11(10)2)24-17(16(20)18(21)22)12-5-7-13(23-3)8-6-12/h4-9,16-17,20H,19H2,1-3H3,(H,21,22). The molecular weight excluding hydrogens is 326 g/mol. The average Bonchev–Trinajstić information content (AvgIpc) is 2.59. The Hall–Kier alpha value is -2.18. The summed E-state index contributed by atoms with van der Waals surface area (Å²) >= 11 is 1.24. The molecule has 4 N–H and O–H groups in total. The Balaban J connectivity index is 2.40. The second-order valence-electron chi connectivity index (χ2n) is 5.51. The number of ether oxygens (including phenoxy) is 1. The van der Waals surface area contributed by atoms with Gasteiger partial charge in [-0.05, 0) is 48.7 Å². The Morgan fingerprint density at radius 1 is 1.17 bits per heavy atom. The number of carbonyl (C=O) groups is 1. The minimum Gasteiger partial charge on any atom is -0.497 e. The Bertz CT molecular complexity index is 731. The third kappa shape index (κ3) is 3.83. The van der Waals surface area contributed by atoms with Crippen LogP contribution < -0.4 is 10.5 Å². The number of carboxylic acid groups (broad SMARTS) is 1. The number of nitrogen functional groups attached to an aromatic ring is 1. The van der Waals surface area contributed by atoms with E-state index in [9.17, 15) is 15.0 Å². The Labute approximate surface area is 145 Å². The van der Waals surface area contributed by atoms with Crippen LogP contribution in [0.5, 0.6) is 5.75 Å². The molecule has 2 unspecified atom stereocenters. The highest BCUT2D eigenvalue weighted by atomic mass is 32.2. The molecule has 5 nitrogen and oxygen atoms in total. The van der Waals surface area contributed by atoms with Crippen molar-refractivity contribution in [2.45, 2.75) is 30.1 Å². The fourth-order valence-electron chi connectivity index (χ4n) is 2.29. The van der Waals surface area contributed by atoms with Crippen LogP contribution in [0.1, 0.15) is 21.9 Å². The molecular formula is C18H21NO4S. The Morgan fingerprint density at radius 3 is 2.33 bits per heavy atom. The molecule has 0 bridgehead atoms. The second kappa shape index (κ2) is 7.59. The largest absolute Gasteiger partial charge is 0.497 e. The lowest BCUT2D eigenvalue weighted by Crippen LogP contribution is -2.26. The van der Waals surface area contributed by atoms with Crippen LogP contribution in [0.2, 0.25) is 0 Å². The zero-order valence-corrected chi connectivity index (χ0v) is 14.6. The maximum atomic E-state index is 11.3. The first-order valence-electron chi connectivity index (χ1n) is 7.42. The van der Waals surface area contributed by atoms with Crippen LogP contribution in [0.3, 0.4) is 0 Å². The first kappa shape index (κ1) is 18.2. The number of nitrogens with two attached hydrogens (primary N) is 1. The highest BCUT2D eigenvalue weighted by Crippen LogP contribution is 2.42. The number of aliphatic hydroxyl groups excluding tert-OH is 1. The van der Waals surface area contributed by atoms with Gasteiger partial charge < -0.3 is 20.7 Å². The van der Waals surface area contributed by atoms with E-state index in [-0.39, 0.29) is 0 Å². The summed E-state index contributed by atoms with van der Waals surface area (Å²) in [6.07, 6.45) is -1.55. The molecule has 2 aromatic carbocycles. The molecule has 0 heterocycles. The molecule has 0 fully saturated rings. The zero-order valence-electron chi connectivity index (χ0n) is 13.8. The third-order valence-electron chi connectivity index (χ3n) is 3.98. The van der Waals surface area contributed by atoms with Crippen LogP contribution in [0.4, 0.5) is 5.69 Å². The Kier molecular flexibility index (Phi) is 5.75. The summed E-state index contributed by atoms with van der Waals surface area (Å²) in [7, 11) is 1.56. The number of aryl methyl sites for hydroxylation is 1. The van der Waals surface area contributed by atoms with Gasteiger partial charge >= 0.3 is 5.97 Å². The number of hydrogen-bond donors (Lipinski definition) is 3. The van der Waals surface area contributed by atoms with Crippen molar-refractivity contribution in [3.8, 4) is 5.75 Å². The first-order valence-corrected chi connectivity index (χ1v) is 8.30. The molecule has 24 heavy (non-hydrogen) atoms. The number of aliphatic hydroxyl groups is 1. The second-order valence-corrected chi connectivity index (χ2v) is 6.70. The van der Waals surface area contributed by atoms with Crippen molar-refractivity contribution in [1.82, 2.24) is 0 Å². The summed E-state index contributed by atoms with van der Waals surface area (Å²) in [6.45, 7) is 3.89. The Morgan fingerprint density at radius 2 is 1.79 bits per heavy atom. The molecule has 128 valence electrons. The van der Waals surface area contributed by atoms with Gasteiger partial charge in [-0.2, -0.15) is 0 Å². The van der Waals surface area contributed by atoms with Crippen LogP contribution in [0.25, 0.3) is 0 Å². The molecule has 2 rings (SSSR count). The van der Waals surface area contributed by atoms with Gasteiger partial charge in [0, 0.05) is 10.6 Å². The molecule has 0 aromatic heterocycles. The van der Waals surface area contributed by atoms with Crippen LogP contribution in [-0.2, 0) is 4.79 Å². The quantitative estimate of drug-likeness (QED) is 0.549. The third-order valence-corrected chi connectivity index (χ3v) is 5.38. The average molecular weight is 347 g/mol. The maximum Gasteiger partial charge on any atom is 0.334 e. The summed E-state index contributed by atoms with van der Waals surface area (Å²) in [5.74, 6) is -0.608. The van der Waals surface area contributed by atoms with Gasteiger partial charge in [0.2, 0.25) is 0 Å². The monoisotopic (exact) mass is 347 g/mol. The van der Waals surface area contributed by atoms with Crippen molar-refractivity contribution in [3.63, 3.8) is 0 Å². The van der Waals surface area contributed by atoms with Crippen molar-refractivity contribution in [3.05, 3.63) is 53.1 Å². The lowest BCUT2D eigenvalue weighted by molar-refractivity contribution is -0.146. The van der Waals surface area contributed by atoms with E-state index in [1.54, 1.807) is 31.4 Å². The number of thioether (sulfide) groups is 1. The van der Waals surface area contributed by atoms with E-state index in [1.807, 2.05) is 26.0 Å². The number of rotatable bonds is 6. The molecule has 2 atom stereocenters. The van der Waals surface area contributed by atoms with Crippen molar-refractivity contribution in [1.29, 1.82) is 0 Å². The van der Waals surface area contributed by atoms with Crippen LogP contribution in [0, 0.1) is 13.8 Å². The zero-order chi connectivity index (χ0) is 17.9. The number of aliphatic carboxylic acids is 1. The number of hydrogen-bond acceptors (Lipinski definition) is 5. The first-order chi connectivity index (χ1) is 11.3. The fourth-order valence-corrected chi connectivity index (χ4v) is 3.53. The highest BCUT2D eigenvalue weighted by molar-refractivity contribution is 7.99. The van der Waals surface area contributed by atoms with Crippen molar-refractivity contribution in [2.75, 3.05) is 12.8 Å². The van der Waals surface area contributed by atoms with E-state index in [0.717, 1.165) is 16.0 Å². The predicted octanol–water partition coefficient (Wildman–Crippen LogP) is 3.17. The highest BCUT2D eigenvalue weighted by Gasteiger charge is 2.29. The molecule has 0 saturated heterocycles. The topological polar surface area (TPSA) is 92.8 Å². The predicted molar refractivity (Wildman–Crippen MR) is 95.6 cm³/mol. The van der Waals surface area contributed by atoms with Crippen LogP contribution >= 0.6 is 11.8 Å². The summed E-state index contributed by atoms with van der Waals surface area (Å²) < 4.78 is 5.12. The van der Waals surface area contributed by atoms with Crippen molar-refractivity contribution >= 4 is 23.4 Å². The van der Waals surface area contributed by atoms with Gasteiger partial charge in [-0.3, -0.25) is 0 Å². The van der Waals surface area contributed by atoms with E-state index in [0.29, 0.717) is 17.0 Å². The van der Waals surface area contributed by atoms with Gasteiger partial charge in [-0.1, -0.05) is 18.2 Å². The molecule has 2 aromatic rings. The minimum atomic E-state index is -1.55. The van der Waals surface area contributed by atoms with E-state index in [2.05, 4.69) is 0 Å². The molecule has 0 amide bonds. The number of anilines is 1. The summed E-state index contributed by atoms with van der Waals surface area (Å²) in [5.41, 5.74) is 9.48. The van der Waals surface area contributed by atoms with Gasteiger partial charge in [0.15, 0.2) is 6.10 Å². The van der Waals surface area contributed by atoms with Crippen molar-refractivity contribution < 1.29 is 19.7 Å². The molecule has 6 heteroatoms. The molecule has 0 saturated carbocycles. The number of carboxylic acids is 1. The minimum absolute atomic E-state index is 0.608. The summed E-state index contributed by atoms with van der Waals surface area (Å²) in [6, 6.07) is 10.8. The van der Waals surface area contributed by atoms with E-state index < -0.39 is 17.3 Å². The van der Waals surface area contributed by atoms with E-state index >= 15 is 0 Å². The molecule has 0 spiro atoms. The lowest BCUT2D eigenvalue weighted by atomic mass is 10.1. The van der Waals surface area contributed by atoms with Crippen LogP contribution in [-0.4, -0.2) is 29.4 Å². The van der Waals surface area contributed by atoms with Crippen molar-refractivity contribution in [2.24, 2.45) is 0 Å². The normalized spacial score (nSPS) is 13.3. The van der Waals surface area contributed by atoms with Gasteiger partial charge in [-0.15, -0.1) is 11.8 Å². The number of methoxy groups -OCH3 is 1. The van der Waals surface area contributed by atoms with Gasteiger partial charge in [-0.25, -0.2) is 4.79 Å². The molecule has 0 aliphatic heterocycles. The lowest BCUT2D eigenvalue weighted by Gasteiger charge is -2.22. The van der Waals surface area contributed by atoms with Gasteiger partial charge in [0.05, 0.1) is 12.4 Å².